The number of carboxylic acid groups (broad SMARTS) is 2. The van der Waals surface area contributed by atoms with Crippen LogP contribution >= 0.6 is 0 Å². The third kappa shape index (κ3) is 4.06. The molecule has 1 aromatic rings. The molecule has 0 radical (unpaired) electrons. The fourth-order valence-corrected chi connectivity index (χ4v) is 11.5. The summed E-state index contributed by atoms with van der Waals surface area (Å²) in [5, 5.41) is 19.9. The minimum Gasteiger partial charge on any atom is -0.489 e. The van der Waals surface area contributed by atoms with Gasteiger partial charge in [-0.05, 0) is 116 Å². The van der Waals surface area contributed by atoms with Gasteiger partial charge in [0.2, 0.25) is 0 Å². The first kappa shape index (κ1) is 30.4. The topological polar surface area (TPSA) is 101 Å². The van der Waals surface area contributed by atoms with E-state index in [0.717, 1.165) is 44.9 Å². The molecule has 234 valence electrons. The number of carbonyl (C=O) groups excluding carboxylic acids is 1. The molecule has 9 unspecified atom stereocenters. The van der Waals surface area contributed by atoms with Gasteiger partial charge in [0.05, 0.1) is 5.41 Å². The van der Waals surface area contributed by atoms with Crippen molar-refractivity contribution in [2.24, 2.45) is 50.2 Å². The number of aromatic carboxylic acids is 1. The lowest BCUT2D eigenvalue weighted by molar-refractivity contribution is -0.199. The van der Waals surface area contributed by atoms with Gasteiger partial charge in [0.1, 0.15) is 17.4 Å². The summed E-state index contributed by atoms with van der Waals surface area (Å²) < 4.78 is 6.53. The van der Waals surface area contributed by atoms with Crippen LogP contribution in [0.3, 0.4) is 0 Å². The van der Waals surface area contributed by atoms with E-state index < -0.39 is 17.4 Å². The van der Waals surface area contributed by atoms with Gasteiger partial charge in [-0.15, -0.1) is 0 Å². The predicted octanol–water partition coefficient (Wildman–Crippen LogP) is 8.20. The van der Waals surface area contributed by atoms with Gasteiger partial charge in [-0.3, -0.25) is 9.59 Å². The van der Waals surface area contributed by atoms with Crippen molar-refractivity contribution in [3.05, 3.63) is 41.5 Å². The van der Waals surface area contributed by atoms with Crippen molar-refractivity contribution in [3.63, 3.8) is 0 Å². The van der Waals surface area contributed by atoms with Gasteiger partial charge in [-0.25, -0.2) is 4.79 Å². The molecule has 4 fully saturated rings. The molecule has 9 atom stereocenters. The van der Waals surface area contributed by atoms with E-state index >= 15 is 0 Å². The third-order valence-electron chi connectivity index (χ3n) is 14.4. The Balaban J connectivity index is 1.36. The van der Waals surface area contributed by atoms with Crippen LogP contribution in [0.2, 0.25) is 0 Å². The smallest absolute Gasteiger partial charge is 0.339 e. The normalized spacial score (nSPS) is 45.0. The van der Waals surface area contributed by atoms with Gasteiger partial charge < -0.3 is 14.9 Å². The maximum absolute atomic E-state index is 14.6. The number of ether oxygens (including phenoxy) is 1. The lowest BCUT2D eigenvalue weighted by atomic mass is 9.33. The molecule has 5 aliphatic rings. The Hall–Kier alpha value is -2.63. The van der Waals surface area contributed by atoms with E-state index in [1.165, 1.54) is 5.57 Å². The molecule has 0 aromatic heterocycles. The molecule has 6 nitrogen and oxygen atoms in total. The highest BCUT2D eigenvalue weighted by Gasteiger charge is 2.70. The highest BCUT2D eigenvalue weighted by Crippen LogP contribution is 2.75. The number of ketones is 1. The zero-order valence-corrected chi connectivity index (χ0v) is 27.1. The van der Waals surface area contributed by atoms with Crippen molar-refractivity contribution < 1.29 is 29.3 Å². The van der Waals surface area contributed by atoms with Gasteiger partial charge in [0, 0.05) is 11.3 Å². The summed E-state index contributed by atoms with van der Waals surface area (Å²) in [5.74, 6) is -0.806. The Labute approximate surface area is 256 Å². The number of hydrogen-bond acceptors (Lipinski definition) is 4. The fourth-order valence-electron chi connectivity index (χ4n) is 11.5. The third-order valence-corrected chi connectivity index (χ3v) is 14.4. The molecule has 1 aromatic carbocycles. The highest BCUT2D eigenvalue weighted by atomic mass is 16.5. The number of carboxylic acids is 2. The lowest BCUT2D eigenvalue weighted by Crippen LogP contribution is -2.67. The molecule has 0 spiro atoms. The summed E-state index contributed by atoms with van der Waals surface area (Å²) in [7, 11) is 0. The van der Waals surface area contributed by atoms with Gasteiger partial charge >= 0.3 is 11.9 Å². The molecule has 43 heavy (non-hydrogen) atoms. The SMILES string of the molecule is CC1(C(=O)O)CCC2(C)CCC3(C)C(=CC(=O)C4C5(C)CCC(Oc6ccccc6C(=O)O)C(C)(C)C5CCC43C)C2C1. The number of hydrogen-bond donors (Lipinski definition) is 2. The Morgan fingerprint density at radius 1 is 0.860 bits per heavy atom. The molecule has 0 amide bonds. The van der Waals surface area contributed by atoms with Gasteiger partial charge in [0.25, 0.3) is 0 Å². The van der Waals surface area contributed by atoms with Gasteiger partial charge in [-0.1, -0.05) is 59.2 Å². The lowest BCUT2D eigenvalue weighted by Gasteiger charge is -2.70. The van der Waals surface area contributed by atoms with E-state index in [2.05, 4.69) is 41.5 Å². The number of rotatable bonds is 4. The molecule has 0 bridgehead atoms. The summed E-state index contributed by atoms with van der Waals surface area (Å²) in [6.07, 6.45) is 9.71. The van der Waals surface area contributed by atoms with E-state index in [9.17, 15) is 24.6 Å². The number of benzene rings is 1. The average molecular weight is 591 g/mol. The maximum atomic E-state index is 14.6. The summed E-state index contributed by atoms with van der Waals surface area (Å²) in [5.41, 5.74) is -0.140. The van der Waals surface area contributed by atoms with Crippen molar-refractivity contribution in [1.29, 1.82) is 0 Å². The summed E-state index contributed by atoms with van der Waals surface area (Å²) in [6, 6.07) is 6.89. The summed E-state index contributed by atoms with van der Waals surface area (Å²) in [6.45, 7) is 15.9. The van der Waals surface area contributed by atoms with Crippen LogP contribution in [-0.2, 0) is 9.59 Å². The van der Waals surface area contributed by atoms with E-state index in [1.54, 1.807) is 18.2 Å². The van der Waals surface area contributed by atoms with Gasteiger partial charge in [-0.2, -0.15) is 0 Å². The molecule has 6 heteroatoms. The molecular formula is C37H50O6. The molecular weight excluding hydrogens is 540 g/mol. The van der Waals surface area contributed by atoms with E-state index in [1.807, 2.05) is 19.1 Å². The quantitative estimate of drug-likeness (QED) is 0.367. The van der Waals surface area contributed by atoms with Crippen molar-refractivity contribution >= 4 is 17.7 Å². The van der Waals surface area contributed by atoms with Crippen molar-refractivity contribution in [2.45, 2.75) is 112 Å². The van der Waals surface area contributed by atoms with Crippen LogP contribution in [0.1, 0.15) is 117 Å². The Morgan fingerprint density at radius 3 is 2.21 bits per heavy atom. The van der Waals surface area contributed by atoms with E-state index in [0.29, 0.717) is 18.6 Å². The second-order valence-corrected chi connectivity index (χ2v) is 16.8. The predicted molar refractivity (Wildman–Crippen MR) is 165 cm³/mol. The Kier molecular flexibility index (Phi) is 6.67. The van der Waals surface area contributed by atoms with Crippen LogP contribution in [0.5, 0.6) is 5.75 Å². The molecule has 6 rings (SSSR count). The zero-order chi connectivity index (χ0) is 31.4. The number of allylic oxidation sites excluding steroid dienone is 2. The molecule has 0 saturated heterocycles. The number of carbonyl (C=O) groups is 3. The van der Waals surface area contributed by atoms with Crippen LogP contribution in [0, 0.1) is 50.2 Å². The number of fused-ring (bicyclic) bond motifs is 7. The molecule has 0 heterocycles. The fraction of sp³-hybridized carbons (Fsp3) is 0.703. The van der Waals surface area contributed by atoms with Crippen molar-refractivity contribution in [1.82, 2.24) is 0 Å². The second kappa shape index (κ2) is 9.44. The Bertz CT molecular complexity index is 1410. The first-order valence-electron chi connectivity index (χ1n) is 16.4. The second-order valence-electron chi connectivity index (χ2n) is 16.8. The molecule has 2 N–H and O–H groups in total. The van der Waals surface area contributed by atoms with Crippen LogP contribution in [-0.4, -0.2) is 34.0 Å². The van der Waals surface area contributed by atoms with Crippen LogP contribution in [0.15, 0.2) is 35.9 Å². The standard InChI is InChI=1S/C37H50O6/c1-32(2)27-12-15-37(7)29(35(27,5)14-13-28(32)43-26-11-9-8-10-22(26)30(39)40)25(38)20-23-24-21-34(4,31(41)42)17-16-33(24,3)18-19-36(23,37)6/h8-11,20,24,27-29H,12-19,21H2,1-7H3,(H,39,40)(H,41,42). The largest absolute Gasteiger partial charge is 0.489 e. The average Bonchev–Trinajstić information content (AvgIpc) is 2.92. The first-order valence-corrected chi connectivity index (χ1v) is 16.4. The number of aliphatic carboxylic acids is 1. The van der Waals surface area contributed by atoms with Crippen LogP contribution in [0.25, 0.3) is 0 Å². The van der Waals surface area contributed by atoms with Gasteiger partial charge in [0.15, 0.2) is 5.78 Å². The number of para-hydroxylation sites is 1. The van der Waals surface area contributed by atoms with Crippen molar-refractivity contribution in [2.75, 3.05) is 0 Å². The van der Waals surface area contributed by atoms with E-state index in [4.69, 9.17) is 4.74 Å². The Morgan fingerprint density at radius 2 is 1.53 bits per heavy atom. The van der Waals surface area contributed by atoms with Crippen LogP contribution in [0.4, 0.5) is 0 Å². The van der Waals surface area contributed by atoms with E-state index in [-0.39, 0.29) is 62.3 Å². The maximum Gasteiger partial charge on any atom is 0.339 e. The minimum absolute atomic E-state index is 0.0362. The monoisotopic (exact) mass is 590 g/mol. The van der Waals surface area contributed by atoms with Crippen molar-refractivity contribution in [3.8, 4) is 5.75 Å². The van der Waals surface area contributed by atoms with Crippen LogP contribution < -0.4 is 4.74 Å². The summed E-state index contributed by atoms with van der Waals surface area (Å²) >= 11 is 0. The molecule has 4 saturated carbocycles. The highest BCUT2D eigenvalue weighted by molar-refractivity contribution is 5.96. The molecule has 5 aliphatic carbocycles. The molecule has 0 aliphatic heterocycles. The summed E-state index contributed by atoms with van der Waals surface area (Å²) in [4.78, 5) is 38.9. The zero-order valence-electron chi connectivity index (χ0n) is 27.1. The minimum atomic E-state index is -0.990. The first-order chi connectivity index (χ1) is 19.9.